The molecule has 0 fully saturated rings. The maximum absolute atomic E-state index is 11.2. The zero-order valence-corrected chi connectivity index (χ0v) is 20.8. The lowest BCUT2D eigenvalue weighted by atomic mass is 10.1. The summed E-state index contributed by atoms with van der Waals surface area (Å²) in [4.78, 5) is 26.1. The molecular weight excluding hydrogens is 462 g/mol. The van der Waals surface area contributed by atoms with Crippen molar-refractivity contribution in [2.75, 3.05) is 10.6 Å². The molecule has 9 nitrogen and oxygen atoms in total. The lowest BCUT2D eigenvalue weighted by Crippen LogP contribution is -2.37. The molecule has 190 valence electrons. The van der Waals surface area contributed by atoms with Gasteiger partial charge >= 0.3 is 5.97 Å². The zero-order chi connectivity index (χ0) is 26.2. The first kappa shape index (κ1) is 26.3. The topological polar surface area (TPSA) is 119 Å². The van der Waals surface area contributed by atoms with Crippen molar-refractivity contribution in [2.24, 2.45) is 0 Å². The van der Waals surface area contributed by atoms with Crippen molar-refractivity contribution in [3.63, 3.8) is 0 Å². The Labute approximate surface area is 210 Å². The molecule has 0 radical (unpaired) electrons. The first-order valence-corrected chi connectivity index (χ1v) is 11.4. The monoisotopic (exact) mass is 493 g/mol. The standard InChI is InChI=1S/C27H31N3O6/c1-26(2,25(32)33)35-23-9-5-21(6-10-23)29-16-19-13-20(15-28-14-19)17-30-22-7-11-24(12-8-22)36-27(3,4)34-18-31/h5-15,18,29-30H,16-17H2,1-4H3,(H,32,33). The van der Waals surface area contributed by atoms with E-state index in [0.29, 0.717) is 31.1 Å². The van der Waals surface area contributed by atoms with Crippen molar-refractivity contribution in [3.8, 4) is 11.5 Å². The molecule has 2 aromatic carbocycles. The van der Waals surface area contributed by atoms with Gasteiger partial charge in [0, 0.05) is 50.7 Å². The SMILES string of the molecule is CC(C)(OC=O)Oc1ccc(NCc2cncc(CNc3ccc(OC(C)(C)C(=O)O)cc3)c2)cc1. The van der Waals surface area contributed by atoms with Gasteiger partial charge in [-0.2, -0.15) is 0 Å². The Balaban J connectivity index is 1.50. The van der Waals surface area contributed by atoms with Gasteiger partial charge in [0.2, 0.25) is 5.79 Å². The van der Waals surface area contributed by atoms with Gasteiger partial charge in [0.1, 0.15) is 11.5 Å². The number of carboxylic acid groups (broad SMARTS) is 1. The Morgan fingerprint density at radius 1 is 0.861 bits per heavy atom. The molecule has 0 amide bonds. The van der Waals surface area contributed by atoms with E-state index in [4.69, 9.17) is 14.2 Å². The van der Waals surface area contributed by atoms with Crippen LogP contribution in [-0.2, 0) is 27.4 Å². The van der Waals surface area contributed by atoms with Crippen molar-refractivity contribution in [1.82, 2.24) is 4.98 Å². The zero-order valence-electron chi connectivity index (χ0n) is 20.8. The first-order valence-electron chi connectivity index (χ1n) is 11.4. The number of nitrogens with one attached hydrogen (secondary N) is 2. The minimum Gasteiger partial charge on any atom is -0.478 e. The molecule has 3 N–H and O–H groups in total. The van der Waals surface area contributed by atoms with Gasteiger partial charge in [-0.15, -0.1) is 0 Å². The number of aromatic nitrogens is 1. The fraction of sp³-hybridized carbons (Fsp3) is 0.296. The van der Waals surface area contributed by atoms with Crippen molar-refractivity contribution in [3.05, 3.63) is 78.1 Å². The van der Waals surface area contributed by atoms with Gasteiger partial charge in [-0.05, 0) is 79.6 Å². The number of carbonyl (C=O) groups is 2. The number of nitrogens with zero attached hydrogens (tertiary/aromatic N) is 1. The van der Waals surface area contributed by atoms with E-state index < -0.39 is 17.4 Å². The van der Waals surface area contributed by atoms with Gasteiger partial charge in [0.05, 0.1) is 0 Å². The Kier molecular flexibility index (Phi) is 8.37. The average molecular weight is 494 g/mol. The molecule has 0 aliphatic heterocycles. The van der Waals surface area contributed by atoms with Gasteiger partial charge in [-0.25, -0.2) is 4.79 Å². The summed E-state index contributed by atoms with van der Waals surface area (Å²) in [6.07, 6.45) is 3.61. The molecule has 1 aromatic heterocycles. The van der Waals surface area contributed by atoms with Crippen LogP contribution in [-0.4, -0.2) is 33.9 Å². The van der Waals surface area contributed by atoms with E-state index in [-0.39, 0.29) is 0 Å². The molecule has 3 aromatic rings. The average Bonchev–Trinajstić information content (AvgIpc) is 2.83. The molecule has 0 bridgehead atoms. The highest BCUT2D eigenvalue weighted by molar-refractivity contribution is 5.76. The largest absolute Gasteiger partial charge is 0.478 e. The Morgan fingerprint density at radius 2 is 1.33 bits per heavy atom. The highest BCUT2D eigenvalue weighted by atomic mass is 16.7. The van der Waals surface area contributed by atoms with Gasteiger partial charge in [0.15, 0.2) is 5.60 Å². The third-order valence-electron chi connectivity index (χ3n) is 5.14. The van der Waals surface area contributed by atoms with Crippen molar-refractivity contribution in [1.29, 1.82) is 0 Å². The van der Waals surface area contributed by atoms with Gasteiger partial charge in [0.25, 0.3) is 6.47 Å². The molecule has 0 unspecified atom stereocenters. The maximum atomic E-state index is 11.2. The number of hydrogen-bond acceptors (Lipinski definition) is 8. The highest BCUT2D eigenvalue weighted by Crippen LogP contribution is 2.23. The summed E-state index contributed by atoms with van der Waals surface area (Å²) in [6.45, 7) is 7.87. The highest BCUT2D eigenvalue weighted by Gasteiger charge is 2.29. The number of ether oxygens (including phenoxy) is 3. The lowest BCUT2D eigenvalue weighted by molar-refractivity contribution is -0.170. The minimum absolute atomic E-state index is 0.365. The summed E-state index contributed by atoms with van der Waals surface area (Å²) >= 11 is 0. The smallest absolute Gasteiger partial charge is 0.347 e. The Morgan fingerprint density at radius 3 is 1.78 bits per heavy atom. The van der Waals surface area contributed by atoms with Crippen LogP contribution in [0.2, 0.25) is 0 Å². The molecule has 0 saturated carbocycles. The number of aliphatic carboxylic acids is 1. The molecular formula is C27H31N3O6. The van der Waals surface area contributed by atoms with Crippen LogP contribution in [0.3, 0.4) is 0 Å². The fourth-order valence-corrected chi connectivity index (χ4v) is 3.19. The summed E-state index contributed by atoms with van der Waals surface area (Å²) in [5, 5.41) is 15.9. The number of carbonyl (C=O) groups excluding carboxylic acids is 1. The fourth-order valence-electron chi connectivity index (χ4n) is 3.19. The summed E-state index contributed by atoms with van der Waals surface area (Å²) in [5.74, 6) is -0.986. The Hall–Kier alpha value is -4.27. The third kappa shape index (κ3) is 7.90. The summed E-state index contributed by atoms with van der Waals surface area (Å²) in [6, 6.07) is 16.6. The van der Waals surface area contributed by atoms with E-state index >= 15 is 0 Å². The maximum Gasteiger partial charge on any atom is 0.347 e. The van der Waals surface area contributed by atoms with E-state index in [0.717, 1.165) is 22.5 Å². The second kappa shape index (κ2) is 11.4. The molecule has 3 rings (SSSR count). The minimum atomic E-state index is -1.30. The summed E-state index contributed by atoms with van der Waals surface area (Å²) in [7, 11) is 0. The van der Waals surface area contributed by atoms with Crippen LogP contribution >= 0.6 is 0 Å². The predicted molar refractivity (Wildman–Crippen MR) is 136 cm³/mol. The van der Waals surface area contributed by atoms with Crippen LogP contribution in [0.25, 0.3) is 0 Å². The van der Waals surface area contributed by atoms with Crippen LogP contribution in [0, 0.1) is 0 Å². The van der Waals surface area contributed by atoms with Crippen molar-refractivity contribution >= 4 is 23.8 Å². The van der Waals surface area contributed by atoms with Crippen LogP contribution in [0.5, 0.6) is 11.5 Å². The predicted octanol–water partition coefficient (Wildman–Crippen LogP) is 4.84. The van der Waals surface area contributed by atoms with E-state index in [9.17, 15) is 14.7 Å². The van der Waals surface area contributed by atoms with E-state index in [1.165, 1.54) is 13.8 Å². The van der Waals surface area contributed by atoms with Crippen molar-refractivity contribution < 1.29 is 28.9 Å². The first-order chi connectivity index (χ1) is 17.1. The van der Waals surface area contributed by atoms with E-state index in [2.05, 4.69) is 21.7 Å². The van der Waals surface area contributed by atoms with Crippen LogP contribution in [0.1, 0.15) is 38.8 Å². The number of anilines is 2. The number of hydrogen-bond donors (Lipinski definition) is 3. The van der Waals surface area contributed by atoms with Gasteiger partial charge in [-0.3, -0.25) is 9.78 Å². The molecule has 0 aliphatic carbocycles. The van der Waals surface area contributed by atoms with Crippen molar-refractivity contribution in [2.45, 2.75) is 52.2 Å². The van der Waals surface area contributed by atoms with Gasteiger partial charge in [-0.1, -0.05) is 0 Å². The van der Waals surface area contributed by atoms with Gasteiger partial charge < -0.3 is 30.0 Å². The second-order valence-corrected chi connectivity index (χ2v) is 9.09. The molecule has 1 heterocycles. The molecule has 0 atom stereocenters. The second-order valence-electron chi connectivity index (χ2n) is 9.09. The molecule has 0 saturated heterocycles. The van der Waals surface area contributed by atoms with Crippen LogP contribution in [0.4, 0.5) is 11.4 Å². The molecule has 0 aliphatic rings. The van der Waals surface area contributed by atoms with Crippen LogP contribution < -0.4 is 20.1 Å². The molecule has 9 heteroatoms. The van der Waals surface area contributed by atoms with Crippen LogP contribution in [0.15, 0.2) is 67.0 Å². The number of pyridine rings is 1. The lowest BCUT2D eigenvalue weighted by Gasteiger charge is -2.24. The number of benzene rings is 2. The normalized spacial score (nSPS) is 11.3. The summed E-state index contributed by atoms with van der Waals surface area (Å²) < 4.78 is 16.1. The van der Waals surface area contributed by atoms with E-state index in [1.807, 2.05) is 30.5 Å². The quantitative estimate of drug-likeness (QED) is 0.227. The third-order valence-corrected chi connectivity index (χ3v) is 5.14. The Bertz CT molecular complexity index is 1160. The number of carboxylic acids is 1. The molecule has 0 spiro atoms. The van der Waals surface area contributed by atoms with E-state index in [1.54, 1.807) is 44.3 Å². The summed E-state index contributed by atoms with van der Waals surface area (Å²) in [5.41, 5.74) is 2.53. The molecule has 36 heavy (non-hydrogen) atoms. The number of rotatable bonds is 13.